The summed E-state index contributed by atoms with van der Waals surface area (Å²) in [6.45, 7) is 2.19. The fourth-order valence-electron chi connectivity index (χ4n) is 4.09. The zero-order chi connectivity index (χ0) is 21.9. The topological polar surface area (TPSA) is 81.9 Å². The van der Waals surface area contributed by atoms with Crippen LogP contribution in [0, 0.1) is 5.92 Å². The van der Waals surface area contributed by atoms with E-state index in [1.54, 1.807) is 16.0 Å². The third-order valence-electron chi connectivity index (χ3n) is 5.99. The molecule has 0 atom stereocenters. The summed E-state index contributed by atoms with van der Waals surface area (Å²) in [5.41, 5.74) is 7.29. The molecule has 5 rings (SSSR count). The van der Waals surface area contributed by atoms with E-state index in [-0.39, 0.29) is 5.91 Å². The van der Waals surface area contributed by atoms with Crippen LogP contribution in [-0.2, 0) is 18.2 Å². The SMILES string of the molecule is Cn1ncc2c(Cc3ccc(-c4cscn4)cc3)cc(C(=O)NCC3CCOCC3)nc21. The van der Waals surface area contributed by atoms with Crippen molar-refractivity contribution in [3.63, 3.8) is 0 Å². The van der Waals surface area contributed by atoms with E-state index in [1.807, 2.05) is 30.2 Å². The lowest BCUT2D eigenvalue weighted by Gasteiger charge is -2.22. The van der Waals surface area contributed by atoms with E-state index in [0.29, 0.717) is 24.6 Å². The number of benzene rings is 1. The molecule has 7 nitrogen and oxygen atoms in total. The molecule has 1 aliphatic rings. The molecule has 32 heavy (non-hydrogen) atoms. The summed E-state index contributed by atoms with van der Waals surface area (Å²) in [6.07, 6.45) is 4.49. The van der Waals surface area contributed by atoms with Crippen molar-refractivity contribution in [2.45, 2.75) is 19.3 Å². The Morgan fingerprint density at radius 2 is 2.06 bits per heavy atom. The van der Waals surface area contributed by atoms with Gasteiger partial charge < -0.3 is 10.1 Å². The predicted molar refractivity (Wildman–Crippen MR) is 125 cm³/mol. The van der Waals surface area contributed by atoms with Crippen LogP contribution in [0.1, 0.15) is 34.5 Å². The fourth-order valence-corrected chi connectivity index (χ4v) is 4.65. The minimum atomic E-state index is -0.139. The van der Waals surface area contributed by atoms with E-state index in [4.69, 9.17) is 4.74 Å². The highest BCUT2D eigenvalue weighted by Gasteiger charge is 2.18. The molecule has 0 bridgehead atoms. The van der Waals surface area contributed by atoms with Crippen molar-refractivity contribution in [2.24, 2.45) is 13.0 Å². The molecule has 4 heterocycles. The van der Waals surface area contributed by atoms with Gasteiger partial charge in [0.25, 0.3) is 5.91 Å². The highest BCUT2D eigenvalue weighted by Crippen LogP contribution is 2.24. The average molecular weight is 448 g/mol. The molecule has 8 heteroatoms. The van der Waals surface area contributed by atoms with E-state index in [2.05, 4.69) is 44.6 Å². The van der Waals surface area contributed by atoms with Gasteiger partial charge in [-0.25, -0.2) is 9.97 Å². The highest BCUT2D eigenvalue weighted by atomic mass is 32.1. The van der Waals surface area contributed by atoms with Crippen LogP contribution >= 0.6 is 11.3 Å². The summed E-state index contributed by atoms with van der Waals surface area (Å²) in [5.74, 6) is 0.323. The Hall–Kier alpha value is -3.10. The first-order valence-electron chi connectivity index (χ1n) is 10.8. The zero-order valence-electron chi connectivity index (χ0n) is 18.0. The van der Waals surface area contributed by atoms with E-state index in [9.17, 15) is 4.79 Å². The zero-order valence-corrected chi connectivity index (χ0v) is 18.8. The second kappa shape index (κ2) is 9.18. The normalized spacial score (nSPS) is 14.7. The van der Waals surface area contributed by atoms with Gasteiger partial charge in [-0.2, -0.15) is 5.10 Å². The highest BCUT2D eigenvalue weighted by molar-refractivity contribution is 7.07. The van der Waals surface area contributed by atoms with Crippen LogP contribution in [0.2, 0.25) is 0 Å². The van der Waals surface area contributed by atoms with E-state index >= 15 is 0 Å². The first-order valence-corrected chi connectivity index (χ1v) is 11.8. The lowest BCUT2D eigenvalue weighted by atomic mass is 10.00. The lowest BCUT2D eigenvalue weighted by molar-refractivity contribution is 0.0642. The number of rotatable bonds is 6. The van der Waals surface area contributed by atoms with Crippen molar-refractivity contribution in [3.05, 3.63) is 64.2 Å². The number of aryl methyl sites for hydroxylation is 1. The predicted octanol–water partition coefficient (Wildman–Crippen LogP) is 3.84. The standard InChI is InChI=1S/C24H25N5O2S/c1-29-23-20(13-27-29)19(10-16-2-4-18(5-3-16)22-14-32-15-26-22)11-21(28-23)24(30)25-12-17-6-8-31-9-7-17/h2-5,11,13-15,17H,6-10,12H2,1H3,(H,25,30). The number of thiazole rings is 1. The average Bonchev–Trinajstić information content (AvgIpc) is 3.49. The number of amides is 1. The number of nitrogens with zero attached hydrogens (tertiary/aromatic N) is 4. The van der Waals surface area contributed by atoms with Gasteiger partial charge in [-0.05, 0) is 42.4 Å². The van der Waals surface area contributed by atoms with Crippen molar-refractivity contribution in [3.8, 4) is 11.3 Å². The first kappa shape index (κ1) is 20.8. The molecule has 0 saturated carbocycles. The van der Waals surface area contributed by atoms with Crippen LogP contribution in [0.3, 0.4) is 0 Å². The van der Waals surface area contributed by atoms with Gasteiger partial charge in [-0.1, -0.05) is 24.3 Å². The second-order valence-electron chi connectivity index (χ2n) is 8.19. The number of fused-ring (bicyclic) bond motifs is 1. The molecule has 0 aliphatic carbocycles. The third-order valence-corrected chi connectivity index (χ3v) is 6.58. The van der Waals surface area contributed by atoms with Gasteiger partial charge in [0.05, 0.1) is 17.4 Å². The molecule has 1 fully saturated rings. The van der Waals surface area contributed by atoms with Gasteiger partial charge in [0, 0.05) is 43.1 Å². The minimum Gasteiger partial charge on any atom is -0.381 e. The molecule has 1 aliphatic heterocycles. The molecule has 4 aromatic rings. The van der Waals surface area contributed by atoms with Gasteiger partial charge in [-0.3, -0.25) is 9.48 Å². The van der Waals surface area contributed by atoms with E-state index < -0.39 is 0 Å². The van der Waals surface area contributed by atoms with Gasteiger partial charge >= 0.3 is 0 Å². The molecule has 0 unspecified atom stereocenters. The number of aromatic nitrogens is 4. The molecular weight excluding hydrogens is 422 g/mol. The second-order valence-corrected chi connectivity index (χ2v) is 8.90. The molecule has 1 saturated heterocycles. The molecule has 1 N–H and O–H groups in total. The Balaban J connectivity index is 1.38. The summed E-state index contributed by atoms with van der Waals surface area (Å²) in [6, 6.07) is 10.3. The summed E-state index contributed by atoms with van der Waals surface area (Å²) in [5, 5.41) is 10.4. The number of pyridine rings is 1. The molecular formula is C24H25N5O2S. The minimum absolute atomic E-state index is 0.139. The first-order chi connectivity index (χ1) is 15.7. The van der Waals surface area contributed by atoms with Gasteiger partial charge in [0.15, 0.2) is 5.65 Å². The number of hydrogen-bond acceptors (Lipinski definition) is 6. The number of nitrogens with one attached hydrogen (secondary N) is 1. The van der Waals surface area contributed by atoms with E-state index in [0.717, 1.165) is 59.5 Å². The van der Waals surface area contributed by atoms with Crippen molar-refractivity contribution < 1.29 is 9.53 Å². The number of carbonyl (C=O) groups is 1. The monoisotopic (exact) mass is 447 g/mol. The van der Waals surface area contributed by atoms with Crippen LogP contribution < -0.4 is 5.32 Å². The van der Waals surface area contributed by atoms with E-state index in [1.165, 1.54) is 0 Å². The fraction of sp³-hybridized carbons (Fsp3) is 0.333. The Kier molecular flexibility index (Phi) is 5.96. The van der Waals surface area contributed by atoms with Crippen molar-refractivity contribution in [2.75, 3.05) is 19.8 Å². The van der Waals surface area contributed by atoms with Gasteiger partial charge in [-0.15, -0.1) is 11.3 Å². The number of carbonyl (C=O) groups excluding carboxylic acids is 1. The summed E-state index contributed by atoms with van der Waals surface area (Å²) in [7, 11) is 1.85. The number of hydrogen-bond donors (Lipinski definition) is 1. The maximum absolute atomic E-state index is 12.9. The van der Waals surface area contributed by atoms with Crippen molar-refractivity contribution >= 4 is 28.3 Å². The summed E-state index contributed by atoms with van der Waals surface area (Å²) >= 11 is 1.59. The van der Waals surface area contributed by atoms with Crippen LogP contribution in [0.5, 0.6) is 0 Å². The summed E-state index contributed by atoms with van der Waals surface area (Å²) in [4.78, 5) is 21.9. The Morgan fingerprint density at radius 3 is 2.81 bits per heavy atom. The van der Waals surface area contributed by atoms with Crippen LogP contribution in [0.4, 0.5) is 0 Å². The maximum Gasteiger partial charge on any atom is 0.269 e. The van der Waals surface area contributed by atoms with Crippen molar-refractivity contribution in [1.29, 1.82) is 0 Å². The number of ether oxygens (including phenoxy) is 1. The van der Waals surface area contributed by atoms with Crippen molar-refractivity contribution in [1.82, 2.24) is 25.1 Å². The quantitative estimate of drug-likeness (QED) is 0.486. The largest absolute Gasteiger partial charge is 0.381 e. The Bertz CT molecular complexity index is 1210. The van der Waals surface area contributed by atoms with Gasteiger partial charge in [0.2, 0.25) is 0 Å². The third kappa shape index (κ3) is 4.42. The maximum atomic E-state index is 12.9. The lowest BCUT2D eigenvalue weighted by Crippen LogP contribution is -2.32. The van der Waals surface area contributed by atoms with Gasteiger partial charge in [0.1, 0.15) is 5.69 Å². The molecule has 1 aromatic carbocycles. The Morgan fingerprint density at radius 1 is 1.25 bits per heavy atom. The van der Waals surface area contributed by atoms with Crippen LogP contribution in [0.25, 0.3) is 22.3 Å². The molecule has 0 radical (unpaired) electrons. The molecule has 1 amide bonds. The van der Waals surface area contributed by atoms with Crippen LogP contribution in [-0.4, -0.2) is 45.4 Å². The van der Waals surface area contributed by atoms with Crippen LogP contribution in [0.15, 0.2) is 47.4 Å². The molecule has 164 valence electrons. The summed E-state index contributed by atoms with van der Waals surface area (Å²) < 4.78 is 7.13. The molecule has 0 spiro atoms. The Labute approximate surface area is 190 Å². The molecule has 3 aromatic heterocycles. The smallest absolute Gasteiger partial charge is 0.269 e.